The van der Waals surface area contributed by atoms with Crippen LogP contribution in [0.4, 0.5) is 17.6 Å². The van der Waals surface area contributed by atoms with E-state index in [1.54, 1.807) is 0 Å². The van der Waals surface area contributed by atoms with E-state index in [0.717, 1.165) is 24.5 Å². The minimum absolute atomic E-state index is 0.383. The van der Waals surface area contributed by atoms with Crippen molar-refractivity contribution in [2.75, 3.05) is 0 Å². The molecule has 2 bridgehead atoms. The van der Waals surface area contributed by atoms with Crippen molar-refractivity contribution in [3.8, 4) is 0 Å². The van der Waals surface area contributed by atoms with Crippen molar-refractivity contribution in [3.63, 3.8) is 0 Å². The summed E-state index contributed by atoms with van der Waals surface area (Å²) in [5, 5.41) is 0. The third-order valence-electron chi connectivity index (χ3n) is 5.17. The van der Waals surface area contributed by atoms with Crippen LogP contribution in [0.5, 0.6) is 0 Å². The van der Waals surface area contributed by atoms with E-state index in [2.05, 4.69) is 0 Å². The molecule has 1 aromatic rings. The summed E-state index contributed by atoms with van der Waals surface area (Å²) in [4.78, 5) is 0. The maximum Gasteiger partial charge on any atom is 0.419 e. The topological polar surface area (TPSA) is 26.0 Å². The van der Waals surface area contributed by atoms with Gasteiger partial charge in [0.05, 0.1) is 5.56 Å². The molecule has 2 aliphatic rings. The molecule has 0 heterocycles. The molecule has 2 N–H and O–H groups in total. The second kappa shape index (κ2) is 5.27. The van der Waals surface area contributed by atoms with E-state index in [0.29, 0.717) is 17.4 Å². The standard InChI is InChI=1S/C16H19F4N/c17-14-7-11(3-4-13(14)16(18,19)20)15(21)8-12-6-9-1-2-10(12)5-9/h3-4,7,9-10,12,15H,1-2,5-6,8,21H2. The van der Waals surface area contributed by atoms with Crippen LogP contribution in [0.2, 0.25) is 0 Å². The van der Waals surface area contributed by atoms with E-state index < -0.39 is 17.6 Å². The van der Waals surface area contributed by atoms with Crippen LogP contribution in [0.1, 0.15) is 49.3 Å². The first kappa shape index (κ1) is 14.8. The molecule has 4 atom stereocenters. The molecule has 0 amide bonds. The van der Waals surface area contributed by atoms with Crippen LogP contribution in [0.15, 0.2) is 18.2 Å². The number of rotatable bonds is 3. The van der Waals surface area contributed by atoms with Gasteiger partial charge in [0, 0.05) is 6.04 Å². The molecule has 2 fully saturated rings. The lowest BCUT2D eigenvalue weighted by Crippen LogP contribution is -2.20. The quantitative estimate of drug-likeness (QED) is 0.807. The van der Waals surface area contributed by atoms with Crippen LogP contribution in [0.3, 0.4) is 0 Å². The molecule has 0 spiro atoms. The lowest BCUT2D eigenvalue weighted by Gasteiger charge is -2.25. The normalized spacial score (nSPS) is 29.9. The fraction of sp³-hybridized carbons (Fsp3) is 0.625. The van der Waals surface area contributed by atoms with Crippen LogP contribution in [-0.2, 0) is 6.18 Å². The largest absolute Gasteiger partial charge is 0.419 e. The molecular weight excluding hydrogens is 282 g/mol. The van der Waals surface area contributed by atoms with E-state index in [1.807, 2.05) is 0 Å². The summed E-state index contributed by atoms with van der Waals surface area (Å²) in [5.41, 5.74) is 5.32. The van der Waals surface area contributed by atoms with E-state index in [9.17, 15) is 17.6 Å². The number of nitrogens with two attached hydrogens (primary N) is 1. The van der Waals surface area contributed by atoms with Gasteiger partial charge in [-0.1, -0.05) is 12.5 Å². The van der Waals surface area contributed by atoms with E-state index in [4.69, 9.17) is 5.73 Å². The Morgan fingerprint density at radius 3 is 2.48 bits per heavy atom. The van der Waals surface area contributed by atoms with Crippen molar-refractivity contribution >= 4 is 0 Å². The zero-order chi connectivity index (χ0) is 15.2. The molecular formula is C16H19F4N. The Hall–Kier alpha value is -1.10. The molecule has 0 saturated heterocycles. The summed E-state index contributed by atoms with van der Waals surface area (Å²) in [7, 11) is 0. The van der Waals surface area contributed by atoms with Gasteiger partial charge in [0.2, 0.25) is 0 Å². The zero-order valence-electron chi connectivity index (χ0n) is 11.7. The Balaban J connectivity index is 1.70. The van der Waals surface area contributed by atoms with Gasteiger partial charge in [-0.3, -0.25) is 0 Å². The molecule has 2 saturated carbocycles. The second-order valence-electron chi connectivity index (χ2n) is 6.51. The van der Waals surface area contributed by atoms with Crippen molar-refractivity contribution < 1.29 is 17.6 Å². The molecule has 21 heavy (non-hydrogen) atoms. The van der Waals surface area contributed by atoms with Gasteiger partial charge in [-0.15, -0.1) is 0 Å². The fourth-order valence-electron chi connectivity index (χ4n) is 4.12. The molecule has 4 unspecified atom stereocenters. The molecule has 0 aliphatic heterocycles. The summed E-state index contributed by atoms with van der Waals surface area (Å²) in [6.45, 7) is 0. The molecule has 116 valence electrons. The third-order valence-corrected chi connectivity index (χ3v) is 5.17. The summed E-state index contributed by atoms with van der Waals surface area (Å²) < 4.78 is 51.2. The Kier molecular flexibility index (Phi) is 3.72. The van der Waals surface area contributed by atoms with Gasteiger partial charge in [-0.05, 0) is 61.1 Å². The van der Waals surface area contributed by atoms with Crippen LogP contribution in [0.25, 0.3) is 0 Å². The van der Waals surface area contributed by atoms with Gasteiger partial charge in [0.15, 0.2) is 0 Å². The number of halogens is 4. The van der Waals surface area contributed by atoms with Crippen LogP contribution < -0.4 is 5.73 Å². The molecule has 0 radical (unpaired) electrons. The first-order valence-electron chi connectivity index (χ1n) is 7.47. The van der Waals surface area contributed by atoms with Gasteiger partial charge in [-0.25, -0.2) is 4.39 Å². The Bertz CT molecular complexity index is 525. The van der Waals surface area contributed by atoms with Crippen LogP contribution in [0, 0.1) is 23.6 Å². The second-order valence-corrected chi connectivity index (χ2v) is 6.51. The number of fused-ring (bicyclic) bond motifs is 2. The number of alkyl halides is 3. The van der Waals surface area contributed by atoms with Gasteiger partial charge in [-0.2, -0.15) is 13.2 Å². The molecule has 5 heteroatoms. The van der Waals surface area contributed by atoms with Gasteiger partial charge in [0.25, 0.3) is 0 Å². The molecule has 0 aromatic heterocycles. The molecule has 1 aromatic carbocycles. The average Bonchev–Trinajstić information content (AvgIpc) is 2.99. The highest BCUT2D eigenvalue weighted by atomic mass is 19.4. The predicted molar refractivity (Wildman–Crippen MR) is 71.9 cm³/mol. The summed E-state index contributed by atoms with van der Waals surface area (Å²) >= 11 is 0. The van der Waals surface area contributed by atoms with Gasteiger partial charge in [0.1, 0.15) is 5.82 Å². The van der Waals surface area contributed by atoms with Gasteiger partial charge >= 0.3 is 6.18 Å². The first-order chi connectivity index (χ1) is 9.84. The minimum atomic E-state index is -4.66. The van der Waals surface area contributed by atoms with E-state index >= 15 is 0 Å². The third kappa shape index (κ3) is 2.93. The maximum absolute atomic E-state index is 13.6. The summed E-state index contributed by atoms with van der Waals surface area (Å²) in [6, 6.07) is 2.67. The zero-order valence-corrected chi connectivity index (χ0v) is 11.7. The van der Waals surface area contributed by atoms with Crippen molar-refractivity contribution in [3.05, 3.63) is 35.1 Å². The SMILES string of the molecule is NC(CC1CC2CCC1C2)c1ccc(C(F)(F)F)c(F)c1. The smallest absolute Gasteiger partial charge is 0.324 e. The van der Waals surface area contributed by atoms with Gasteiger partial charge < -0.3 is 5.73 Å². The molecule has 3 rings (SSSR count). The highest BCUT2D eigenvalue weighted by Gasteiger charge is 2.40. The predicted octanol–water partition coefficient (Wildman–Crippen LogP) is 4.67. The number of hydrogen-bond donors (Lipinski definition) is 1. The van der Waals surface area contributed by atoms with E-state index in [-0.39, 0.29) is 6.04 Å². The van der Waals surface area contributed by atoms with Crippen LogP contribution >= 0.6 is 0 Å². The highest BCUT2D eigenvalue weighted by Crippen LogP contribution is 2.50. The summed E-state index contributed by atoms with van der Waals surface area (Å²) in [6.07, 6.45) is 1.05. The average molecular weight is 301 g/mol. The highest BCUT2D eigenvalue weighted by molar-refractivity contribution is 5.28. The number of benzene rings is 1. The Labute approximate surface area is 121 Å². The summed E-state index contributed by atoms with van der Waals surface area (Å²) in [5.74, 6) is 0.824. The Morgan fingerprint density at radius 1 is 1.19 bits per heavy atom. The molecule has 1 nitrogen and oxygen atoms in total. The van der Waals surface area contributed by atoms with Crippen LogP contribution in [-0.4, -0.2) is 0 Å². The maximum atomic E-state index is 13.6. The van der Waals surface area contributed by atoms with Crippen molar-refractivity contribution in [2.45, 2.75) is 44.3 Å². The lowest BCUT2D eigenvalue weighted by molar-refractivity contribution is -0.140. The monoisotopic (exact) mass is 301 g/mol. The lowest BCUT2D eigenvalue weighted by atomic mass is 9.83. The first-order valence-corrected chi connectivity index (χ1v) is 7.47. The Morgan fingerprint density at radius 2 is 1.95 bits per heavy atom. The van der Waals surface area contributed by atoms with Crippen molar-refractivity contribution in [1.82, 2.24) is 0 Å². The fourth-order valence-corrected chi connectivity index (χ4v) is 4.12. The number of hydrogen-bond acceptors (Lipinski definition) is 1. The van der Waals surface area contributed by atoms with Crippen molar-refractivity contribution in [1.29, 1.82) is 0 Å². The van der Waals surface area contributed by atoms with E-state index in [1.165, 1.54) is 31.7 Å². The minimum Gasteiger partial charge on any atom is -0.324 e. The van der Waals surface area contributed by atoms with Crippen molar-refractivity contribution in [2.24, 2.45) is 23.5 Å². The molecule has 2 aliphatic carbocycles.